The third kappa shape index (κ3) is 4.63. The smallest absolute Gasteiger partial charge is 0.110 e. The summed E-state index contributed by atoms with van der Waals surface area (Å²) in [5.74, 6) is 1.95. The van der Waals surface area contributed by atoms with Crippen LogP contribution in [0.1, 0.15) is 58.4 Å². The van der Waals surface area contributed by atoms with Crippen LogP contribution in [0.15, 0.2) is 41.1 Å². The van der Waals surface area contributed by atoms with Gasteiger partial charge in [-0.25, -0.2) is 4.99 Å². The lowest BCUT2D eigenvalue weighted by Gasteiger charge is -2.45. The second-order valence-electron chi connectivity index (χ2n) is 4.66. The third-order valence-corrected chi connectivity index (χ3v) is 3.82. The summed E-state index contributed by atoms with van der Waals surface area (Å²) in [6.45, 7) is 12.4. The average molecular weight is 329 g/mol. The molecular weight excluding hydrogens is 284 g/mol. The van der Waals surface area contributed by atoms with E-state index in [1.165, 1.54) is 5.70 Å². The summed E-state index contributed by atoms with van der Waals surface area (Å²) in [4.78, 5) is 10.9. The van der Waals surface area contributed by atoms with Gasteiger partial charge in [0.15, 0.2) is 0 Å². The van der Waals surface area contributed by atoms with Gasteiger partial charge in [0.25, 0.3) is 0 Å². The van der Waals surface area contributed by atoms with Crippen molar-refractivity contribution in [1.82, 2.24) is 14.7 Å². The number of likely N-dealkylation sites (N-methyl/N-ethyl adjacent to an activating group) is 3. The van der Waals surface area contributed by atoms with Gasteiger partial charge in [-0.15, -0.1) is 0 Å². The average Bonchev–Trinajstić information content (AvgIpc) is 2.30. The molecule has 0 N–H and O–H groups in total. The normalized spacial score (nSPS) is 18.7. The molecule has 0 amide bonds. The van der Waals surface area contributed by atoms with Crippen molar-refractivity contribution < 1.29 is 0 Å². The SMILES string of the molecule is C.C.C.C.C.C.C=C1C2=C(C(C)N(C)C(C)=N2)N(C)C(=C)N1C. The molecule has 0 aromatic carbocycles. The Balaban J connectivity index is -0.000000180. The zero-order valence-corrected chi connectivity index (χ0v) is 11.3. The predicted octanol–water partition coefficient (Wildman–Crippen LogP) is 5.63. The van der Waals surface area contributed by atoms with Crippen LogP contribution in [0, 0.1) is 0 Å². The van der Waals surface area contributed by atoms with Crippen LogP contribution in [0.5, 0.6) is 0 Å². The van der Waals surface area contributed by atoms with E-state index < -0.39 is 0 Å². The molecule has 1 atom stereocenters. The second kappa shape index (κ2) is 10.9. The van der Waals surface area contributed by atoms with E-state index in [0.29, 0.717) is 0 Å². The Hall–Kier alpha value is -1.71. The molecule has 0 aromatic heterocycles. The fourth-order valence-corrected chi connectivity index (χ4v) is 2.29. The van der Waals surface area contributed by atoms with Crippen molar-refractivity contribution in [3.63, 3.8) is 0 Å². The molecular formula is C19H44N4. The van der Waals surface area contributed by atoms with E-state index in [1.807, 2.05) is 25.9 Å². The Bertz CT molecular complexity index is 460. The first-order valence-electron chi connectivity index (χ1n) is 5.74. The van der Waals surface area contributed by atoms with E-state index in [9.17, 15) is 0 Å². The lowest BCUT2D eigenvalue weighted by Crippen LogP contribution is -2.47. The summed E-state index contributed by atoms with van der Waals surface area (Å²) in [7, 11) is 6.06. The Morgan fingerprint density at radius 3 is 1.74 bits per heavy atom. The number of nitrogens with zero attached hydrogens (tertiary/aromatic N) is 4. The van der Waals surface area contributed by atoms with Crippen molar-refractivity contribution >= 4 is 5.84 Å². The minimum atomic E-state index is 0. The molecule has 4 heteroatoms. The van der Waals surface area contributed by atoms with E-state index in [-0.39, 0.29) is 50.6 Å². The first-order chi connectivity index (χ1) is 7.86. The summed E-state index contributed by atoms with van der Waals surface area (Å²) < 4.78 is 0. The molecule has 0 radical (unpaired) electrons. The largest absolute Gasteiger partial charge is 0.355 e. The minimum absolute atomic E-state index is 0. The molecule has 0 aliphatic carbocycles. The van der Waals surface area contributed by atoms with Crippen molar-refractivity contribution in [3.05, 3.63) is 36.1 Å². The standard InChI is InChI=1S/C13H20N4.6CH4/c1-8-12-13(17(7)11(4)16(8)6)9(2)15(5)10(3)14-12;;;;;;/h9H,1,4H2,2-3,5-7H3;6*1H4. The highest BCUT2D eigenvalue weighted by Gasteiger charge is 2.34. The van der Waals surface area contributed by atoms with Crippen molar-refractivity contribution in [3.8, 4) is 0 Å². The number of rotatable bonds is 0. The molecule has 4 nitrogen and oxygen atoms in total. The van der Waals surface area contributed by atoms with Gasteiger partial charge in [0, 0.05) is 21.1 Å². The molecule has 0 fully saturated rings. The first-order valence-corrected chi connectivity index (χ1v) is 5.74. The molecule has 2 aliphatic heterocycles. The fraction of sp³-hybridized carbons (Fsp3) is 0.632. The van der Waals surface area contributed by atoms with Gasteiger partial charge in [-0.05, 0) is 13.8 Å². The van der Waals surface area contributed by atoms with E-state index in [0.717, 1.165) is 23.1 Å². The van der Waals surface area contributed by atoms with Crippen molar-refractivity contribution in [1.29, 1.82) is 0 Å². The zero-order chi connectivity index (χ0) is 12.9. The molecule has 0 saturated carbocycles. The lowest BCUT2D eigenvalue weighted by molar-refractivity contribution is 0.273. The molecule has 1 unspecified atom stereocenters. The van der Waals surface area contributed by atoms with Crippen LogP contribution in [-0.2, 0) is 0 Å². The van der Waals surface area contributed by atoms with E-state index in [2.05, 4.69) is 41.9 Å². The molecule has 2 rings (SSSR count). The number of hydrogen-bond acceptors (Lipinski definition) is 4. The van der Waals surface area contributed by atoms with E-state index in [4.69, 9.17) is 0 Å². The van der Waals surface area contributed by atoms with Crippen molar-refractivity contribution in [2.75, 3.05) is 21.1 Å². The third-order valence-electron chi connectivity index (χ3n) is 3.82. The summed E-state index contributed by atoms with van der Waals surface area (Å²) >= 11 is 0. The van der Waals surface area contributed by atoms with Gasteiger partial charge in [-0.1, -0.05) is 57.7 Å². The highest BCUT2D eigenvalue weighted by Crippen LogP contribution is 2.36. The number of aliphatic imine (C=N–C) groups is 1. The van der Waals surface area contributed by atoms with Gasteiger partial charge in [-0.2, -0.15) is 0 Å². The van der Waals surface area contributed by atoms with Crippen LogP contribution in [0.3, 0.4) is 0 Å². The topological polar surface area (TPSA) is 22.1 Å². The fourth-order valence-electron chi connectivity index (χ4n) is 2.29. The van der Waals surface area contributed by atoms with Crippen molar-refractivity contribution in [2.24, 2.45) is 4.99 Å². The Morgan fingerprint density at radius 1 is 0.870 bits per heavy atom. The van der Waals surface area contributed by atoms with Crippen LogP contribution < -0.4 is 0 Å². The van der Waals surface area contributed by atoms with Crippen LogP contribution in [0.25, 0.3) is 0 Å². The molecule has 0 aromatic rings. The maximum Gasteiger partial charge on any atom is 0.110 e. The number of amidine groups is 1. The van der Waals surface area contributed by atoms with Crippen LogP contribution in [0.2, 0.25) is 0 Å². The van der Waals surface area contributed by atoms with Gasteiger partial charge < -0.3 is 14.7 Å². The van der Waals surface area contributed by atoms with Gasteiger partial charge in [-0.3, -0.25) is 0 Å². The van der Waals surface area contributed by atoms with Crippen LogP contribution in [0.4, 0.5) is 0 Å². The van der Waals surface area contributed by atoms with Crippen molar-refractivity contribution in [2.45, 2.75) is 64.4 Å². The van der Waals surface area contributed by atoms with E-state index in [1.54, 1.807) is 0 Å². The van der Waals surface area contributed by atoms with Gasteiger partial charge in [0.05, 0.1) is 17.4 Å². The summed E-state index contributed by atoms with van der Waals surface area (Å²) in [6, 6.07) is 0.287. The summed E-state index contributed by atoms with van der Waals surface area (Å²) in [5.41, 5.74) is 3.07. The van der Waals surface area contributed by atoms with Gasteiger partial charge in [0.2, 0.25) is 0 Å². The highest BCUT2D eigenvalue weighted by molar-refractivity contribution is 5.83. The quantitative estimate of drug-likeness (QED) is 0.575. The minimum Gasteiger partial charge on any atom is -0.355 e. The van der Waals surface area contributed by atoms with Gasteiger partial charge >= 0.3 is 0 Å². The molecule has 2 heterocycles. The lowest BCUT2D eigenvalue weighted by atomic mass is 10.0. The molecule has 0 saturated heterocycles. The molecule has 140 valence electrons. The predicted molar refractivity (Wildman–Crippen MR) is 112 cm³/mol. The molecule has 0 spiro atoms. The van der Waals surface area contributed by atoms with Crippen LogP contribution in [-0.4, -0.2) is 47.7 Å². The molecule has 23 heavy (non-hydrogen) atoms. The van der Waals surface area contributed by atoms with Crippen LogP contribution >= 0.6 is 0 Å². The highest BCUT2D eigenvalue weighted by atomic mass is 15.4. The molecule has 2 aliphatic rings. The monoisotopic (exact) mass is 328 g/mol. The molecule has 0 bridgehead atoms. The summed E-state index contributed by atoms with van der Waals surface area (Å²) in [5, 5.41) is 0. The maximum absolute atomic E-state index is 4.65. The Kier molecular flexibility index (Phi) is 15.7. The Labute approximate surface area is 147 Å². The zero-order valence-electron chi connectivity index (χ0n) is 11.3. The van der Waals surface area contributed by atoms with E-state index >= 15 is 0 Å². The summed E-state index contributed by atoms with van der Waals surface area (Å²) in [6.07, 6.45) is 0. The maximum atomic E-state index is 4.65. The Morgan fingerprint density at radius 2 is 1.30 bits per heavy atom. The first kappa shape index (κ1) is 33.0. The van der Waals surface area contributed by atoms with Gasteiger partial charge in [0.1, 0.15) is 17.4 Å². The number of hydrogen-bond donors (Lipinski definition) is 0. The second-order valence-corrected chi connectivity index (χ2v) is 4.66.